The Balaban J connectivity index is 1.18. The largest absolute Gasteiger partial charge is 0.416 e. The first-order valence-corrected chi connectivity index (χ1v) is 12.6. The van der Waals surface area contributed by atoms with Gasteiger partial charge in [0.25, 0.3) is 0 Å². The summed E-state index contributed by atoms with van der Waals surface area (Å²) in [6, 6.07) is 9.75. The van der Waals surface area contributed by atoms with Gasteiger partial charge in [0.2, 0.25) is 5.91 Å². The molecule has 33 heavy (non-hydrogen) atoms. The second-order valence-corrected chi connectivity index (χ2v) is 9.98. The third-order valence-corrected chi connectivity index (χ3v) is 7.61. The summed E-state index contributed by atoms with van der Waals surface area (Å²) >= 11 is 3.02. The summed E-state index contributed by atoms with van der Waals surface area (Å²) in [5.74, 6) is 1.13. The quantitative estimate of drug-likeness (QED) is 0.462. The van der Waals surface area contributed by atoms with Gasteiger partial charge in [0.15, 0.2) is 11.0 Å². The summed E-state index contributed by atoms with van der Waals surface area (Å²) in [7, 11) is 0. The van der Waals surface area contributed by atoms with Crippen molar-refractivity contribution in [2.75, 3.05) is 36.8 Å². The summed E-state index contributed by atoms with van der Waals surface area (Å²) in [6.07, 6.45) is -2.18. The summed E-state index contributed by atoms with van der Waals surface area (Å²) in [5, 5.41) is 11.5. The van der Waals surface area contributed by atoms with Crippen molar-refractivity contribution in [3.05, 3.63) is 47.3 Å². The Kier molecular flexibility index (Phi) is 6.09. The van der Waals surface area contributed by atoms with Gasteiger partial charge >= 0.3 is 6.18 Å². The average Bonchev–Trinajstić information content (AvgIpc) is 3.33. The molecule has 0 unspecified atom stereocenters. The van der Waals surface area contributed by atoms with Crippen molar-refractivity contribution in [1.29, 1.82) is 0 Å². The molecular formula is C22H22F3N5OS2. The first kappa shape index (κ1) is 22.3. The number of hydrogen-bond acceptors (Lipinski definition) is 6. The number of carbonyl (C=O) groups is 1. The van der Waals surface area contributed by atoms with Gasteiger partial charge in [-0.3, -0.25) is 9.36 Å². The molecular weight excluding hydrogens is 471 g/mol. The van der Waals surface area contributed by atoms with Crippen molar-refractivity contribution in [3.8, 4) is 10.7 Å². The molecule has 0 N–H and O–H groups in total. The Morgan fingerprint density at radius 1 is 1.09 bits per heavy atom. The lowest BCUT2D eigenvalue weighted by Crippen LogP contribution is -2.49. The Morgan fingerprint density at radius 3 is 2.55 bits per heavy atom. The third-order valence-electron chi connectivity index (χ3n) is 5.81. The van der Waals surface area contributed by atoms with E-state index in [4.69, 9.17) is 0 Å². The molecule has 0 bridgehead atoms. The normalized spacial score (nSPS) is 16.9. The van der Waals surface area contributed by atoms with E-state index in [1.165, 1.54) is 23.9 Å². The molecule has 0 spiro atoms. The highest BCUT2D eigenvalue weighted by atomic mass is 32.2. The van der Waals surface area contributed by atoms with Crippen LogP contribution in [0, 0.1) is 0 Å². The Morgan fingerprint density at radius 2 is 1.88 bits per heavy atom. The predicted octanol–water partition coefficient (Wildman–Crippen LogP) is 4.80. The number of hydrogen-bond donors (Lipinski definition) is 0. The number of amides is 1. The van der Waals surface area contributed by atoms with Gasteiger partial charge < -0.3 is 9.80 Å². The Hall–Kier alpha value is -2.53. The number of rotatable bonds is 6. The van der Waals surface area contributed by atoms with Crippen molar-refractivity contribution in [1.82, 2.24) is 19.7 Å². The number of thiophene rings is 1. The Labute approximate surface area is 197 Å². The van der Waals surface area contributed by atoms with Crippen LogP contribution in [0.15, 0.2) is 46.9 Å². The minimum absolute atomic E-state index is 0.00622. The molecule has 5 rings (SSSR count). The van der Waals surface area contributed by atoms with Gasteiger partial charge in [-0.25, -0.2) is 0 Å². The smallest absolute Gasteiger partial charge is 0.368 e. The minimum atomic E-state index is -4.37. The molecule has 3 heterocycles. The molecule has 0 radical (unpaired) electrons. The van der Waals surface area contributed by atoms with E-state index in [9.17, 15) is 18.0 Å². The topological polar surface area (TPSA) is 54.3 Å². The average molecular weight is 494 g/mol. The molecule has 0 atom stereocenters. The molecule has 1 aliphatic heterocycles. The fourth-order valence-corrected chi connectivity index (χ4v) is 5.54. The van der Waals surface area contributed by atoms with Gasteiger partial charge in [0, 0.05) is 37.9 Å². The van der Waals surface area contributed by atoms with Crippen LogP contribution < -0.4 is 4.90 Å². The van der Waals surface area contributed by atoms with Crippen LogP contribution in [-0.2, 0) is 11.0 Å². The van der Waals surface area contributed by atoms with Gasteiger partial charge in [-0.2, -0.15) is 13.2 Å². The third kappa shape index (κ3) is 4.89. The lowest BCUT2D eigenvalue weighted by atomic mass is 10.1. The second kappa shape index (κ2) is 9.02. The number of benzene rings is 1. The molecule has 11 heteroatoms. The van der Waals surface area contributed by atoms with Crippen molar-refractivity contribution in [2.24, 2.45) is 0 Å². The number of alkyl halides is 3. The molecule has 1 amide bonds. The molecule has 2 aromatic heterocycles. The zero-order valence-corrected chi connectivity index (χ0v) is 19.3. The van der Waals surface area contributed by atoms with Crippen molar-refractivity contribution in [3.63, 3.8) is 0 Å². The van der Waals surface area contributed by atoms with E-state index in [2.05, 4.69) is 14.8 Å². The van der Waals surface area contributed by atoms with Gasteiger partial charge in [-0.05, 0) is 42.5 Å². The molecule has 1 saturated carbocycles. The van der Waals surface area contributed by atoms with Gasteiger partial charge in [-0.15, -0.1) is 21.5 Å². The monoisotopic (exact) mass is 493 g/mol. The van der Waals surface area contributed by atoms with E-state index in [0.29, 0.717) is 37.9 Å². The number of aromatic nitrogens is 3. The molecule has 6 nitrogen and oxygen atoms in total. The zero-order valence-electron chi connectivity index (χ0n) is 17.7. The summed E-state index contributed by atoms with van der Waals surface area (Å²) in [6.45, 7) is 1.95. The summed E-state index contributed by atoms with van der Waals surface area (Å²) in [5.41, 5.74) is -0.124. The molecule has 1 saturated heterocycles. The number of piperazine rings is 1. The van der Waals surface area contributed by atoms with Crippen molar-refractivity contribution >= 4 is 34.7 Å². The van der Waals surface area contributed by atoms with E-state index in [1.54, 1.807) is 22.3 Å². The van der Waals surface area contributed by atoms with Crippen LogP contribution in [-0.4, -0.2) is 57.5 Å². The van der Waals surface area contributed by atoms with Crippen LogP contribution in [0.1, 0.15) is 24.4 Å². The van der Waals surface area contributed by atoms with Crippen LogP contribution in [0.4, 0.5) is 18.9 Å². The Bertz CT molecular complexity index is 1120. The van der Waals surface area contributed by atoms with Crippen LogP contribution in [0.25, 0.3) is 10.7 Å². The SMILES string of the molecule is O=C(CSc1nnc(-c2cccs2)n1C1CC1)N1CCN(c2cccc(C(F)(F)F)c2)CC1. The predicted molar refractivity (Wildman–Crippen MR) is 123 cm³/mol. The number of thioether (sulfide) groups is 1. The van der Waals surface area contributed by atoms with Gasteiger partial charge in [-0.1, -0.05) is 23.9 Å². The van der Waals surface area contributed by atoms with E-state index >= 15 is 0 Å². The highest BCUT2D eigenvalue weighted by molar-refractivity contribution is 7.99. The fraction of sp³-hybridized carbons (Fsp3) is 0.409. The first-order chi connectivity index (χ1) is 15.9. The van der Waals surface area contributed by atoms with E-state index in [0.717, 1.165) is 34.8 Å². The number of anilines is 1. The molecule has 1 aromatic carbocycles. The molecule has 3 aromatic rings. The van der Waals surface area contributed by atoms with Crippen LogP contribution in [0.3, 0.4) is 0 Å². The fourth-order valence-electron chi connectivity index (χ4n) is 3.92. The summed E-state index contributed by atoms with van der Waals surface area (Å²) < 4.78 is 41.2. The molecule has 2 aliphatic rings. The first-order valence-electron chi connectivity index (χ1n) is 10.7. The van der Waals surface area contributed by atoms with Crippen LogP contribution >= 0.6 is 23.1 Å². The second-order valence-electron chi connectivity index (χ2n) is 8.09. The lowest BCUT2D eigenvalue weighted by Gasteiger charge is -2.36. The number of nitrogens with zero attached hydrogens (tertiary/aromatic N) is 5. The van der Waals surface area contributed by atoms with E-state index in [1.807, 2.05) is 22.4 Å². The number of carbonyl (C=O) groups excluding carboxylic acids is 1. The van der Waals surface area contributed by atoms with E-state index < -0.39 is 11.7 Å². The maximum absolute atomic E-state index is 13.0. The van der Waals surface area contributed by atoms with Gasteiger partial charge in [0.05, 0.1) is 16.2 Å². The summed E-state index contributed by atoms with van der Waals surface area (Å²) in [4.78, 5) is 17.5. The van der Waals surface area contributed by atoms with Crippen molar-refractivity contribution < 1.29 is 18.0 Å². The van der Waals surface area contributed by atoms with Gasteiger partial charge in [0.1, 0.15) is 0 Å². The lowest BCUT2D eigenvalue weighted by molar-refractivity contribution is -0.137. The maximum atomic E-state index is 13.0. The van der Waals surface area contributed by atoms with E-state index in [-0.39, 0.29) is 11.7 Å². The zero-order chi connectivity index (χ0) is 23.0. The van der Waals surface area contributed by atoms with Crippen LogP contribution in [0.5, 0.6) is 0 Å². The number of halogens is 3. The van der Waals surface area contributed by atoms with Crippen LogP contribution in [0.2, 0.25) is 0 Å². The molecule has 1 aliphatic carbocycles. The highest BCUT2D eigenvalue weighted by Gasteiger charge is 2.32. The molecule has 2 fully saturated rings. The molecule has 174 valence electrons. The highest BCUT2D eigenvalue weighted by Crippen LogP contribution is 2.41. The standard InChI is InChI=1S/C22H22F3N5OS2/c23-22(24,25)15-3-1-4-17(13-15)28-8-10-29(11-9-28)19(31)14-33-21-27-26-20(18-5-2-12-32-18)30(21)16-6-7-16/h1-5,12-13,16H,6-11,14H2. The minimum Gasteiger partial charge on any atom is -0.368 e. The maximum Gasteiger partial charge on any atom is 0.416 e. The van der Waals surface area contributed by atoms with Crippen molar-refractivity contribution in [2.45, 2.75) is 30.2 Å².